The van der Waals surface area contributed by atoms with Crippen LogP contribution in [0.1, 0.15) is 58.8 Å². The molecule has 182 valence electrons. The van der Waals surface area contributed by atoms with Crippen LogP contribution in [-0.4, -0.2) is 72.6 Å². The number of carbonyl (C=O) groups excluding carboxylic acids is 1. The Labute approximate surface area is 194 Å². The predicted octanol–water partition coefficient (Wildman–Crippen LogP) is 2.90. The number of carbonyl (C=O) groups is 1. The summed E-state index contributed by atoms with van der Waals surface area (Å²) in [6.45, 7) is 8.26. The first-order valence-electron chi connectivity index (χ1n) is 12.8. The molecule has 6 nitrogen and oxygen atoms in total. The van der Waals surface area contributed by atoms with E-state index < -0.39 is 6.10 Å². The third kappa shape index (κ3) is 7.41. The van der Waals surface area contributed by atoms with E-state index in [1.54, 1.807) is 0 Å². The number of allylic oxidation sites excluding steroid dienone is 1. The first-order chi connectivity index (χ1) is 15.5. The number of nitrogens with one attached hydrogen (secondary N) is 1. The van der Waals surface area contributed by atoms with Crippen molar-refractivity contribution in [1.29, 1.82) is 0 Å². The van der Waals surface area contributed by atoms with Gasteiger partial charge in [-0.25, -0.2) is 0 Å². The zero-order chi connectivity index (χ0) is 22.9. The van der Waals surface area contributed by atoms with E-state index in [1.165, 1.54) is 18.4 Å². The minimum atomic E-state index is -0.421. The Hall–Kier alpha value is -1.21. The molecular weight excluding hydrogens is 404 g/mol. The number of aliphatic hydroxyl groups excluding tert-OH is 2. The molecule has 0 radical (unpaired) electrons. The summed E-state index contributed by atoms with van der Waals surface area (Å²) >= 11 is 0. The summed E-state index contributed by atoms with van der Waals surface area (Å²) in [4.78, 5) is 14.1. The number of unbranched alkanes of at least 4 members (excludes halogenated alkanes) is 1. The van der Waals surface area contributed by atoms with Gasteiger partial charge in [-0.2, -0.15) is 0 Å². The first-order valence-corrected chi connectivity index (χ1v) is 12.8. The average molecular weight is 449 g/mol. The van der Waals surface area contributed by atoms with E-state index in [4.69, 9.17) is 4.74 Å². The summed E-state index contributed by atoms with van der Waals surface area (Å²) in [6.07, 6.45) is 12.8. The second-order valence-electron chi connectivity index (χ2n) is 10.1. The molecule has 32 heavy (non-hydrogen) atoms. The topological polar surface area (TPSA) is 82.0 Å². The molecule has 0 aromatic rings. The van der Waals surface area contributed by atoms with Crippen LogP contribution in [0.2, 0.25) is 0 Å². The first kappa shape index (κ1) is 25.4. The molecule has 0 spiro atoms. The van der Waals surface area contributed by atoms with E-state index in [9.17, 15) is 15.0 Å². The van der Waals surface area contributed by atoms with Gasteiger partial charge in [0.25, 0.3) is 0 Å². The fourth-order valence-corrected chi connectivity index (χ4v) is 5.58. The average Bonchev–Trinajstić information content (AvgIpc) is 3.30. The Morgan fingerprint density at radius 2 is 2.16 bits per heavy atom. The highest BCUT2D eigenvalue weighted by Gasteiger charge is 2.43. The minimum absolute atomic E-state index is 0.130. The molecule has 6 heteroatoms. The van der Waals surface area contributed by atoms with Crippen LogP contribution in [0.15, 0.2) is 23.8 Å². The minimum Gasteiger partial charge on any atom is -0.392 e. The van der Waals surface area contributed by atoms with Gasteiger partial charge in [-0.1, -0.05) is 56.9 Å². The lowest BCUT2D eigenvalue weighted by molar-refractivity contribution is -0.134. The number of hydrogen-bond donors (Lipinski definition) is 3. The van der Waals surface area contributed by atoms with Crippen LogP contribution in [0.3, 0.4) is 0 Å². The van der Waals surface area contributed by atoms with Gasteiger partial charge in [-0.15, -0.1) is 0 Å². The van der Waals surface area contributed by atoms with Crippen LogP contribution in [0, 0.1) is 23.7 Å². The highest BCUT2D eigenvalue weighted by molar-refractivity contribution is 5.78. The molecular formula is C26H44N2O4. The summed E-state index contributed by atoms with van der Waals surface area (Å²) in [5.41, 5.74) is 1.44. The molecule has 0 unspecified atom stereocenters. The number of aliphatic hydroxyl groups is 2. The summed E-state index contributed by atoms with van der Waals surface area (Å²) < 4.78 is 5.30. The zero-order valence-electron chi connectivity index (χ0n) is 20.0. The standard InChI is InChI=1S/C26H44N2O4/c1-3-4-5-19(2)14-22(29)6-7-23-24-16-20(15-21(24)17-25(23)30)8-9-27-18-26(31)28-10-12-32-13-11-28/h6-7,15,19,21-25,27,29-30H,3-5,8-14,16-18H2,1-2H3/b7-6+/t19-,21-,22+,23+,24-,25+/m0/s1. The van der Waals surface area contributed by atoms with Crippen LogP contribution in [0.5, 0.6) is 0 Å². The summed E-state index contributed by atoms with van der Waals surface area (Å²) in [5, 5.41) is 24.3. The van der Waals surface area contributed by atoms with Gasteiger partial charge in [-0.3, -0.25) is 4.79 Å². The van der Waals surface area contributed by atoms with E-state index in [-0.39, 0.29) is 17.9 Å². The Kier molecular flexibility index (Phi) is 10.2. The lowest BCUT2D eigenvalue weighted by Gasteiger charge is -2.27. The smallest absolute Gasteiger partial charge is 0.236 e. The maximum Gasteiger partial charge on any atom is 0.236 e. The van der Waals surface area contributed by atoms with E-state index in [1.807, 2.05) is 11.0 Å². The molecule has 1 saturated carbocycles. The fraction of sp³-hybridized carbons (Fsp3) is 0.808. The maximum absolute atomic E-state index is 12.2. The van der Waals surface area contributed by atoms with E-state index in [0.717, 1.165) is 38.6 Å². The lowest BCUT2D eigenvalue weighted by Crippen LogP contribution is -2.44. The maximum atomic E-state index is 12.2. The molecule has 0 aromatic heterocycles. The highest BCUT2D eigenvalue weighted by atomic mass is 16.5. The van der Waals surface area contributed by atoms with Gasteiger partial charge in [0.05, 0.1) is 32.0 Å². The van der Waals surface area contributed by atoms with Crippen molar-refractivity contribution in [2.45, 2.75) is 71.0 Å². The monoisotopic (exact) mass is 448 g/mol. The quantitative estimate of drug-likeness (QED) is 0.316. The molecule has 1 saturated heterocycles. The summed E-state index contributed by atoms with van der Waals surface area (Å²) in [7, 11) is 0. The van der Waals surface area contributed by atoms with Crippen LogP contribution >= 0.6 is 0 Å². The molecule has 6 atom stereocenters. The molecule has 0 aromatic carbocycles. The van der Waals surface area contributed by atoms with E-state index in [0.29, 0.717) is 50.6 Å². The second-order valence-corrected chi connectivity index (χ2v) is 10.1. The lowest BCUT2D eigenvalue weighted by atomic mass is 9.88. The number of rotatable bonds is 12. The highest BCUT2D eigenvalue weighted by Crippen LogP contribution is 2.47. The van der Waals surface area contributed by atoms with Crippen molar-refractivity contribution in [3.05, 3.63) is 23.8 Å². The fourth-order valence-electron chi connectivity index (χ4n) is 5.58. The Morgan fingerprint density at radius 3 is 2.91 bits per heavy atom. The molecule has 2 fully saturated rings. The van der Waals surface area contributed by atoms with Gasteiger partial charge < -0.3 is 25.2 Å². The Morgan fingerprint density at radius 1 is 1.38 bits per heavy atom. The third-order valence-corrected chi connectivity index (χ3v) is 7.46. The molecule has 0 bridgehead atoms. The molecule has 3 N–H and O–H groups in total. The summed E-state index contributed by atoms with van der Waals surface area (Å²) in [5.74, 6) is 1.69. The zero-order valence-corrected chi connectivity index (χ0v) is 20.0. The third-order valence-electron chi connectivity index (χ3n) is 7.46. The van der Waals surface area contributed by atoms with Crippen molar-refractivity contribution in [3.63, 3.8) is 0 Å². The van der Waals surface area contributed by atoms with Crippen molar-refractivity contribution >= 4 is 5.91 Å². The van der Waals surface area contributed by atoms with Crippen LogP contribution in [0.25, 0.3) is 0 Å². The van der Waals surface area contributed by atoms with Crippen molar-refractivity contribution in [2.75, 3.05) is 39.4 Å². The van der Waals surface area contributed by atoms with Crippen molar-refractivity contribution < 1.29 is 19.7 Å². The van der Waals surface area contributed by atoms with Gasteiger partial charge in [-0.05, 0) is 50.0 Å². The van der Waals surface area contributed by atoms with Crippen LogP contribution in [-0.2, 0) is 9.53 Å². The number of morpholine rings is 1. The number of hydrogen-bond acceptors (Lipinski definition) is 5. The van der Waals surface area contributed by atoms with Crippen LogP contribution in [0.4, 0.5) is 0 Å². The van der Waals surface area contributed by atoms with Crippen molar-refractivity contribution in [2.24, 2.45) is 23.7 Å². The molecule has 1 heterocycles. The summed E-state index contributed by atoms with van der Waals surface area (Å²) in [6, 6.07) is 0. The number of fused-ring (bicyclic) bond motifs is 1. The normalized spacial score (nSPS) is 29.9. The van der Waals surface area contributed by atoms with Gasteiger partial charge in [0.15, 0.2) is 0 Å². The van der Waals surface area contributed by atoms with Gasteiger partial charge >= 0.3 is 0 Å². The molecule has 3 aliphatic rings. The molecule has 2 aliphatic carbocycles. The molecule has 1 amide bonds. The number of ether oxygens (including phenoxy) is 1. The largest absolute Gasteiger partial charge is 0.392 e. The molecule has 3 rings (SSSR count). The Bertz CT molecular complexity index is 644. The van der Waals surface area contributed by atoms with Gasteiger partial charge in [0.1, 0.15) is 0 Å². The van der Waals surface area contributed by atoms with Crippen molar-refractivity contribution in [3.8, 4) is 0 Å². The van der Waals surface area contributed by atoms with Crippen molar-refractivity contribution in [1.82, 2.24) is 10.2 Å². The molecule has 1 aliphatic heterocycles. The SMILES string of the molecule is CCCC[C@H](C)C[C@H](O)/C=C/[C@@H]1[C@H]2CC(CCNCC(=O)N3CCOCC3)=C[C@H]2C[C@H]1O. The number of nitrogens with zero attached hydrogens (tertiary/aromatic N) is 1. The van der Waals surface area contributed by atoms with E-state index >= 15 is 0 Å². The van der Waals surface area contributed by atoms with Gasteiger partial charge in [0, 0.05) is 19.0 Å². The predicted molar refractivity (Wildman–Crippen MR) is 127 cm³/mol. The Balaban J connectivity index is 1.38. The number of amides is 1. The van der Waals surface area contributed by atoms with Crippen LogP contribution < -0.4 is 5.32 Å². The van der Waals surface area contributed by atoms with E-state index in [2.05, 4.69) is 31.3 Å². The van der Waals surface area contributed by atoms with Gasteiger partial charge in [0.2, 0.25) is 5.91 Å². The second kappa shape index (κ2) is 12.9.